The Morgan fingerprint density at radius 1 is 1.53 bits per heavy atom. The molecule has 1 heterocycles. The molecule has 0 saturated carbocycles. The normalized spacial score (nSPS) is 14.2. The average Bonchev–Trinajstić information content (AvgIpc) is 2.43. The Bertz CT molecular complexity index is 477. The summed E-state index contributed by atoms with van der Waals surface area (Å²) in [5.74, 6) is -0.189. The smallest absolute Gasteiger partial charge is 0.227 e. The molecule has 1 amide bonds. The van der Waals surface area contributed by atoms with Crippen LogP contribution in [0, 0.1) is 5.82 Å². The zero-order valence-corrected chi connectivity index (χ0v) is 11.1. The van der Waals surface area contributed by atoms with Gasteiger partial charge in [-0.3, -0.25) is 4.79 Å². The first kappa shape index (κ1) is 13.8. The molecule has 1 aliphatic heterocycles. The van der Waals surface area contributed by atoms with Crippen LogP contribution < -0.4 is 15.4 Å². The summed E-state index contributed by atoms with van der Waals surface area (Å²) in [5, 5.41) is 0. The number of nitrogens with two attached hydrogens (primary N) is 1. The minimum absolute atomic E-state index is 0.0102. The van der Waals surface area contributed by atoms with E-state index in [4.69, 9.17) is 10.5 Å². The largest absolute Gasteiger partial charge is 0.494 e. The third kappa shape index (κ3) is 2.87. The van der Waals surface area contributed by atoms with Crippen molar-refractivity contribution >= 4 is 11.6 Å². The summed E-state index contributed by atoms with van der Waals surface area (Å²) in [6.07, 6.45) is 2.79. The Morgan fingerprint density at radius 3 is 3.00 bits per heavy atom. The van der Waals surface area contributed by atoms with Crippen molar-refractivity contribution in [1.82, 2.24) is 0 Å². The second-order valence-corrected chi connectivity index (χ2v) is 4.66. The number of carbonyl (C=O) groups is 1. The number of methoxy groups -OCH3 is 1. The molecule has 104 valence electrons. The third-order valence-corrected chi connectivity index (χ3v) is 3.37. The van der Waals surface area contributed by atoms with E-state index in [1.165, 1.54) is 13.2 Å². The Hall–Kier alpha value is -1.62. The van der Waals surface area contributed by atoms with Crippen LogP contribution in [0.15, 0.2) is 12.1 Å². The van der Waals surface area contributed by atoms with E-state index in [2.05, 4.69) is 0 Å². The topological polar surface area (TPSA) is 55.6 Å². The molecule has 0 saturated heterocycles. The quantitative estimate of drug-likeness (QED) is 0.905. The molecule has 2 N–H and O–H groups in total. The maximum Gasteiger partial charge on any atom is 0.227 e. The van der Waals surface area contributed by atoms with Crippen molar-refractivity contribution in [3.05, 3.63) is 23.5 Å². The molecular formula is C14H19FN2O2. The molecule has 0 atom stereocenters. The van der Waals surface area contributed by atoms with Crippen LogP contribution in [-0.2, 0) is 11.2 Å². The molecule has 1 aromatic carbocycles. The number of rotatable bonds is 4. The fourth-order valence-electron chi connectivity index (χ4n) is 2.39. The molecule has 0 aliphatic carbocycles. The highest BCUT2D eigenvalue weighted by Crippen LogP contribution is 2.33. The van der Waals surface area contributed by atoms with Crippen LogP contribution in [0.25, 0.3) is 0 Å². The van der Waals surface area contributed by atoms with Gasteiger partial charge in [-0.25, -0.2) is 4.39 Å². The van der Waals surface area contributed by atoms with Crippen molar-refractivity contribution in [1.29, 1.82) is 0 Å². The van der Waals surface area contributed by atoms with Gasteiger partial charge < -0.3 is 15.4 Å². The Kier molecular flexibility index (Phi) is 4.37. The number of anilines is 1. The summed E-state index contributed by atoms with van der Waals surface area (Å²) in [6.45, 7) is 1.13. The molecule has 2 rings (SSSR count). The van der Waals surface area contributed by atoms with Gasteiger partial charge in [-0.15, -0.1) is 0 Å². The van der Waals surface area contributed by atoms with Crippen LogP contribution in [0.2, 0.25) is 0 Å². The van der Waals surface area contributed by atoms with Gasteiger partial charge in [-0.05, 0) is 37.4 Å². The first-order valence-electron chi connectivity index (χ1n) is 6.54. The van der Waals surface area contributed by atoms with E-state index in [1.54, 1.807) is 11.0 Å². The molecule has 5 heteroatoms. The number of benzene rings is 1. The van der Waals surface area contributed by atoms with Crippen molar-refractivity contribution in [2.75, 3.05) is 25.1 Å². The van der Waals surface area contributed by atoms with E-state index in [0.29, 0.717) is 31.6 Å². The Morgan fingerprint density at radius 2 is 2.32 bits per heavy atom. The monoisotopic (exact) mass is 266 g/mol. The van der Waals surface area contributed by atoms with Crippen LogP contribution in [0.3, 0.4) is 0 Å². The van der Waals surface area contributed by atoms with Crippen molar-refractivity contribution < 1.29 is 13.9 Å². The summed E-state index contributed by atoms with van der Waals surface area (Å²) in [6, 6.07) is 3.08. The Balaban J connectivity index is 2.28. The summed E-state index contributed by atoms with van der Waals surface area (Å²) in [4.78, 5) is 13.8. The minimum atomic E-state index is -0.431. The number of hydrogen-bond donors (Lipinski definition) is 1. The number of fused-ring (bicyclic) bond motifs is 1. The molecule has 19 heavy (non-hydrogen) atoms. The number of aryl methyl sites for hydroxylation is 1. The second-order valence-electron chi connectivity index (χ2n) is 4.66. The van der Waals surface area contributed by atoms with Crippen LogP contribution in [0.5, 0.6) is 5.75 Å². The molecule has 0 radical (unpaired) electrons. The molecule has 0 unspecified atom stereocenters. The fourth-order valence-corrected chi connectivity index (χ4v) is 2.39. The van der Waals surface area contributed by atoms with Crippen molar-refractivity contribution in [3.8, 4) is 5.75 Å². The van der Waals surface area contributed by atoms with Crippen LogP contribution in [0.1, 0.15) is 24.8 Å². The molecule has 0 fully saturated rings. The van der Waals surface area contributed by atoms with Crippen molar-refractivity contribution in [3.63, 3.8) is 0 Å². The van der Waals surface area contributed by atoms with E-state index in [1.807, 2.05) is 0 Å². The van der Waals surface area contributed by atoms with Crippen LogP contribution in [-0.4, -0.2) is 26.1 Å². The maximum absolute atomic E-state index is 13.8. The van der Waals surface area contributed by atoms with Gasteiger partial charge >= 0.3 is 0 Å². The highest BCUT2D eigenvalue weighted by atomic mass is 19.1. The highest BCUT2D eigenvalue weighted by Gasteiger charge is 2.24. The molecular weight excluding hydrogens is 247 g/mol. The van der Waals surface area contributed by atoms with Gasteiger partial charge in [0.15, 0.2) is 11.6 Å². The van der Waals surface area contributed by atoms with Crippen LogP contribution in [0.4, 0.5) is 10.1 Å². The number of carbonyl (C=O) groups excluding carboxylic acids is 1. The first-order valence-corrected chi connectivity index (χ1v) is 6.54. The van der Waals surface area contributed by atoms with Crippen molar-refractivity contribution in [2.24, 2.45) is 5.73 Å². The molecule has 0 bridgehead atoms. The standard InChI is InChI=1S/C14H19FN2O2/c1-19-13-8-10-4-3-7-17(12(10)9-11(13)15)14(18)5-2-6-16/h8-9H,2-7,16H2,1H3. The van der Waals surface area contributed by atoms with E-state index in [-0.39, 0.29) is 11.7 Å². The van der Waals surface area contributed by atoms with Gasteiger partial charge in [-0.1, -0.05) is 0 Å². The zero-order valence-electron chi connectivity index (χ0n) is 11.1. The lowest BCUT2D eigenvalue weighted by atomic mass is 10.0. The predicted molar refractivity (Wildman–Crippen MR) is 71.9 cm³/mol. The van der Waals surface area contributed by atoms with E-state index in [0.717, 1.165) is 18.4 Å². The fraction of sp³-hybridized carbons (Fsp3) is 0.500. The molecule has 1 aromatic rings. The lowest BCUT2D eigenvalue weighted by Crippen LogP contribution is -2.35. The van der Waals surface area contributed by atoms with E-state index < -0.39 is 5.82 Å². The lowest BCUT2D eigenvalue weighted by molar-refractivity contribution is -0.118. The summed E-state index contributed by atoms with van der Waals surface area (Å²) in [5.41, 5.74) is 7.05. The SMILES string of the molecule is COc1cc2c(cc1F)N(C(=O)CCCN)CCC2. The van der Waals surface area contributed by atoms with Crippen LogP contribution >= 0.6 is 0 Å². The number of ether oxygens (including phenoxy) is 1. The Labute approximate surface area is 112 Å². The average molecular weight is 266 g/mol. The van der Waals surface area contributed by atoms with Gasteiger partial charge in [0.1, 0.15) is 0 Å². The molecule has 0 aromatic heterocycles. The minimum Gasteiger partial charge on any atom is -0.494 e. The summed E-state index contributed by atoms with van der Waals surface area (Å²) in [7, 11) is 1.44. The third-order valence-electron chi connectivity index (χ3n) is 3.37. The van der Waals surface area contributed by atoms with E-state index in [9.17, 15) is 9.18 Å². The van der Waals surface area contributed by atoms with Gasteiger partial charge in [0.25, 0.3) is 0 Å². The molecule has 4 nitrogen and oxygen atoms in total. The molecule has 0 spiro atoms. The number of amides is 1. The van der Waals surface area contributed by atoms with Gasteiger partial charge in [-0.2, -0.15) is 0 Å². The van der Waals surface area contributed by atoms with Gasteiger partial charge in [0, 0.05) is 24.7 Å². The van der Waals surface area contributed by atoms with Crippen molar-refractivity contribution in [2.45, 2.75) is 25.7 Å². The zero-order chi connectivity index (χ0) is 13.8. The number of hydrogen-bond acceptors (Lipinski definition) is 3. The highest BCUT2D eigenvalue weighted by molar-refractivity contribution is 5.94. The number of halogens is 1. The predicted octanol–water partition coefficient (Wildman–Crippen LogP) is 1.85. The van der Waals surface area contributed by atoms with Gasteiger partial charge in [0.2, 0.25) is 5.91 Å². The molecule has 1 aliphatic rings. The maximum atomic E-state index is 13.8. The second kappa shape index (κ2) is 6.02. The van der Waals surface area contributed by atoms with E-state index >= 15 is 0 Å². The summed E-state index contributed by atoms with van der Waals surface area (Å²) >= 11 is 0. The lowest BCUT2D eigenvalue weighted by Gasteiger charge is -2.30. The summed E-state index contributed by atoms with van der Waals surface area (Å²) < 4.78 is 18.8. The van der Waals surface area contributed by atoms with Gasteiger partial charge in [0.05, 0.1) is 7.11 Å². The number of nitrogens with zero attached hydrogens (tertiary/aromatic N) is 1. The first-order chi connectivity index (χ1) is 9.17.